The van der Waals surface area contributed by atoms with Crippen molar-refractivity contribution in [3.63, 3.8) is 0 Å². The van der Waals surface area contributed by atoms with Crippen molar-refractivity contribution in [2.24, 2.45) is 0 Å². The average Bonchev–Trinajstić information content (AvgIpc) is 2.67. The molecule has 0 aliphatic carbocycles. The predicted octanol–water partition coefficient (Wildman–Crippen LogP) is 2.57. The highest BCUT2D eigenvalue weighted by Crippen LogP contribution is 2.22. The molecule has 1 N–H and O–H groups in total. The van der Waals surface area contributed by atoms with Crippen molar-refractivity contribution in [3.8, 4) is 6.07 Å². The van der Waals surface area contributed by atoms with Crippen LogP contribution in [-0.2, 0) is 15.8 Å². The highest BCUT2D eigenvalue weighted by atomic mass is 32.2. The van der Waals surface area contributed by atoms with Crippen LogP contribution in [0.2, 0.25) is 0 Å². The molecule has 0 atom stereocenters. The second-order valence-electron chi connectivity index (χ2n) is 4.33. The predicted molar refractivity (Wildman–Crippen MR) is 79.0 cm³/mol. The second kappa shape index (κ2) is 5.61. The molecule has 1 aromatic heterocycles. The number of hydrogen-bond acceptors (Lipinski definition) is 5. The third kappa shape index (κ3) is 3.56. The molecule has 2 rings (SSSR count). The van der Waals surface area contributed by atoms with Crippen molar-refractivity contribution in [1.29, 1.82) is 5.26 Å². The Morgan fingerprint density at radius 1 is 1.30 bits per heavy atom. The van der Waals surface area contributed by atoms with Crippen molar-refractivity contribution in [2.45, 2.75) is 19.6 Å². The quantitative estimate of drug-likeness (QED) is 0.941. The minimum absolute atomic E-state index is 0.142. The van der Waals surface area contributed by atoms with Gasteiger partial charge in [0.1, 0.15) is 0 Å². The summed E-state index contributed by atoms with van der Waals surface area (Å²) in [5.41, 5.74) is 1.96. The minimum atomic E-state index is -3.50. The summed E-state index contributed by atoms with van der Waals surface area (Å²) in [5, 5.41) is 9.08. The Bertz CT molecular complexity index is 736. The number of nitrogens with zero attached hydrogens (tertiary/aromatic N) is 2. The molecule has 0 aliphatic heterocycles. The Kier molecular flexibility index (Phi) is 4.06. The average molecular weight is 307 g/mol. The fourth-order valence-electron chi connectivity index (χ4n) is 1.58. The highest BCUT2D eigenvalue weighted by Gasteiger charge is 2.14. The van der Waals surface area contributed by atoms with E-state index in [2.05, 4.69) is 9.71 Å². The number of aromatic nitrogens is 1. The van der Waals surface area contributed by atoms with E-state index in [1.165, 1.54) is 11.3 Å². The van der Waals surface area contributed by atoms with E-state index in [-0.39, 0.29) is 5.75 Å². The minimum Gasteiger partial charge on any atom is -0.258 e. The van der Waals surface area contributed by atoms with Gasteiger partial charge in [0.2, 0.25) is 10.0 Å². The van der Waals surface area contributed by atoms with Gasteiger partial charge in [-0.2, -0.15) is 5.26 Å². The van der Waals surface area contributed by atoms with Gasteiger partial charge in [-0.25, -0.2) is 13.4 Å². The number of sulfonamides is 1. The molecule has 0 fully saturated rings. The van der Waals surface area contributed by atoms with Crippen LogP contribution in [0, 0.1) is 25.2 Å². The first-order chi connectivity index (χ1) is 9.39. The lowest BCUT2D eigenvalue weighted by atomic mass is 10.2. The van der Waals surface area contributed by atoms with Gasteiger partial charge >= 0.3 is 0 Å². The fraction of sp³-hybridized carbons (Fsp3) is 0.231. The molecule has 0 unspecified atom stereocenters. The van der Waals surface area contributed by atoms with Gasteiger partial charge in [-0.15, -0.1) is 11.3 Å². The largest absolute Gasteiger partial charge is 0.258 e. The Morgan fingerprint density at radius 3 is 2.45 bits per heavy atom. The molecular formula is C13H13N3O2S2. The Labute approximate surface area is 122 Å². The molecule has 2 aromatic rings. The molecule has 104 valence electrons. The Hall–Kier alpha value is -1.91. The van der Waals surface area contributed by atoms with Crippen LogP contribution in [-0.4, -0.2) is 13.4 Å². The maximum Gasteiger partial charge on any atom is 0.238 e. The van der Waals surface area contributed by atoms with Crippen molar-refractivity contribution < 1.29 is 8.42 Å². The summed E-state index contributed by atoms with van der Waals surface area (Å²) >= 11 is 1.31. The number of rotatable bonds is 4. The summed E-state index contributed by atoms with van der Waals surface area (Å²) in [7, 11) is -3.50. The number of hydrogen-bond donors (Lipinski definition) is 1. The topological polar surface area (TPSA) is 82.8 Å². The third-order valence-electron chi connectivity index (χ3n) is 2.71. The molecule has 5 nitrogen and oxygen atoms in total. The molecule has 0 bridgehead atoms. The van der Waals surface area contributed by atoms with Crippen LogP contribution >= 0.6 is 11.3 Å². The molecule has 0 saturated heterocycles. The van der Waals surface area contributed by atoms with Crippen LogP contribution in [0.25, 0.3) is 0 Å². The zero-order valence-electron chi connectivity index (χ0n) is 11.0. The van der Waals surface area contributed by atoms with Gasteiger partial charge in [0.15, 0.2) is 5.13 Å². The first-order valence-corrected chi connectivity index (χ1v) is 8.30. The molecule has 20 heavy (non-hydrogen) atoms. The first-order valence-electron chi connectivity index (χ1n) is 5.83. The maximum atomic E-state index is 12.0. The van der Waals surface area contributed by atoms with Crippen molar-refractivity contribution in [1.82, 2.24) is 4.98 Å². The molecule has 7 heteroatoms. The molecule has 0 saturated carbocycles. The van der Waals surface area contributed by atoms with Crippen molar-refractivity contribution in [3.05, 3.63) is 46.0 Å². The lowest BCUT2D eigenvalue weighted by Gasteiger charge is -2.05. The number of nitriles is 1. The number of thiazole rings is 1. The van der Waals surface area contributed by atoms with Crippen LogP contribution in [0.15, 0.2) is 24.3 Å². The number of benzene rings is 1. The van der Waals surface area contributed by atoms with Crippen LogP contribution < -0.4 is 4.72 Å². The van der Waals surface area contributed by atoms with Crippen molar-refractivity contribution >= 4 is 26.5 Å². The molecule has 0 radical (unpaired) electrons. The Balaban J connectivity index is 2.12. The van der Waals surface area contributed by atoms with E-state index in [0.29, 0.717) is 16.3 Å². The number of aryl methyl sites for hydroxylation is 2. The number of nitrogens with one attached hydrogen (secondary N) is 1. The van der Waals surface area contributed by atoms with Gasteiger partial charge < -0.3 is 0 Å². The smallest absolute Gasteiger partial charge is 0.238 e. The van der Waals surface area contributed by atoms with Gasteiger partial charge in [0.25, 0.3) is 0 Å². The summed E-state index contributed by atoms with van der Waals surface area (Å²) in [6.45, 7) is 3.73. The van der Waals surface area contributed by atoms with E-state index in [9.17, 15) is 8.42 Å². The van der Waals surface area contributed by atoms with Crippen LogP contribution in [0.1, 0.15) is 21.7 Å². The molecular weight excluding hydrogens is 294 g/mol. The van der Waals surface area contributed by atoms with E-state index in [1.807, 2.05) is 19.9 Å². The van der Waals surface area contributed by atoms with E-state index < -0.39 is 10.0 Å². The van der Waals surface area contributed by atoms with Crippen LogP contribution in [0.3, 0.4) is 0 Å². The van der Waals surface area contributed by atoms with Gasteiger partial charge in [0.05, 0.1) is 23.1 Å². The lowest BCUT2D eigenvalue weighted by molar-refractivity contribution is 0.600. The van der Waals surface area contributed by atoms with Crippen LogP contribution in [0.4, 0.5) is 5.13 Å². The van der Waals surface area contributed by atoms with E-state index in [4.69, 9.17) is 5.26 Å². The zero-order valence-corrected chi connectivity index (χ0v) is 12.7. The molecule has 1 heterocycles. The summed E-state index contributed by atoms with van der Waals surface area (Å²) in [6, 6.07) is 8.46. The number of anilines is 1. The lowest BCUT2D eigenvalue weighted by Crippen LogP contribution is -2.14. The van der Waals surface area contributed by atoms with Gasteiger partial charge in [-0.1, -0.05) is 12.1 Å². The second-order valence-corrected chi connectivity index (χ2v) is 7.26. The summed E-state index contributed by atoms with van der Waals surface area (Å²) in [5.74, 6) is -0.142. The Morgan fingerprint density at radius 2 is 1.95 bits per heavy atom. The summed E-state index contributed by atoms with van der Waals surface area (Å²) in [4.78, 5) is 5.14. The monoisotopic (exact) mass is 307 g/mol. The first kappa shape index (κ1) is 14.5. The molecule has 0 amide bonds. The molecule has 0 aliphatic rings. The third-order valence-corrected chi connectivity index (χ3v) is 5.05. The van der Waals surface area contributed by atoms with Gasteiger partial charge in [-0.3, -0.25) is 4.72 Å². The zero-order chi connectivity index (χ0) is 14.8. The fourth-order valence-corrected chi connectivity index (χ4v) is 3.81. The molecule has 0 spiro atoms. The normalized spacial score (nSPS) is 11.1. The highest BCUT2D eigenvalue weighted by molar-refractivity contribution is 7.92. The van der Waals surface area contributed by atoms with Gasteiger partial charge in [0, 0.05) is 4.88 Å². The van der Waals surface area contributed by atoms with E-state index in [0.717, 1.165) is 10.6 Å². The maximum absolute atomic E-state index is 12.0. The van der Waals surface area contributed by atoms with Crippen molar-refractivity contribution in [2.75, 3.05) is 4.72 Å². The summed E-state index contributed by atoms with van der Waals surface area (Å²) in [6.07, 6.45) is 0. The SMILES string of the molecule is Cc1nc(NS(=O)(=O)Cc2ccc(C#N)cc2)sc1C. The standard InChI is InChI=1S/C13H13N3O2S2/c1-9-10(2)19-13(15-9)16-20(17,18)8-12-5-3-11(7-14)4-6-12/h3-6H,8H2,1-2H3,(H,15,16). The van der Waals surface area contributed by atoms with Gasteiger partial charge in [-0.05, 0) is 31.5 Å². The van der Waals surface area contributed by atoms with Crippen LogP contribution in [0.5, 0.6) is 0 Å². The van der Waals surface area contributed by atoms with E-state index in [1.54, 1.807) is 24.3 Å². The summed E-state index contributed by atoms with van der Waals surface area (Å²) < 4.78 is 26.5. The molecule has 1 aromatic carbocycles. The van der Waals surface area contributed by atoms with E-state index >= 15 is 0 Å².